The van der Waals surface area contributed by atoms with E-state index in [2.05, 4.69) is 59.1 Å². The van der Waals surface area contributed by atoms with Crippen molar-refractivity contribution in [2.24, 2.45) is 5.92 Å². The third kappa shape index (κ3) is 4.24. The summed E-state index contributed by atoms with van der Waals surface area (Å²) in [5.74, 6) is 0.539. The van der Waals surface area contributed by atoms with Gasteiger partial charge in [0, 0.05) is 15.9 Å². The van der Waals surface area contributed by atoms with E-state index in [9.17, 15) is 9.59 Å². The molecule has 186 valence electrons. The molecular formula is C25H25Br2N7O2. The molecule has 9 nitrogen and oxygen atoms in total. The van der Waals surface area contributed by atoms with Gasteiger partial charge in [-0.25, -0.2) is 15.0 Å². The number of anilines is 2. The number of fused-ring (bicyclic) bond motifs is 3. The highest BCUT2D eigenvalue weighted by molar-refractivity contribution is 9.10. The summed E-state index contributed by atoms with van der Waals surface area (Å²) in [5, 5.41) is 4.44. The summed E-state index contributed by atoms with van der Waals surface area (Å²) in [4.78, 5) is 41.7. The molecule has 1 fully saturated rings. The van der Waals surface area contributed by atoms with Crippen LogP contribution in [0.2, 0.25) is 0 Å². The first-order valence-corrected chi connectivity index (χ1v) is 13.2. The number of amides is 2. The first-order valence-electron chi connectivity index (χ1n) is 11.6. The van der Waals surface area contributed by atoms with Crippen molar-refractivity contribution in [3.63, 3.8) is 0 Å². The van der Waals surface area contributed by atoms with Crippen LogP contribution in [-0.2, 0) is 16.1 Å². The SMILES string of the molecule is Cc1cc2c(cc1Br)c1c(N)ncnc1n2CC(=O)N1[C@H](C)[C@H](C)C[C@H]1C(=O)Nc1cccc(Br)n1. The van der Waals surface area contributed by atoms with Crippen LogP contribution >= 0.6 is 31.9 Å². The van der Waals surface area contributed by atoms with Crippen LogP contribution in [0, 0.1) is 12.8 Å². The fourth-order valence-electron chi connectivity index (χ4n) is 4.98. The van der Waals surface area contributed by atoms with Gasteiger partial charge in [0.1, 0.15) is 40.8 Å². The fourth-order valence-corrected chi connectivity index (χ4v) is 5.66. The first kappa shape index (κ1) is 24.6. The number of benzene rings is 1. The van der Waals surface area contributed by atoms with E-state index in [-0.39, 0.29) is 30.3 Å². The second-order valence-electron chi connectivity index (χ2n) is 9.27. The highest BCUT2D eigenvalue weighted by Gasteiger charge is 2.43. The monoisotopic (exact) mass is 613 g/mol. The second kappa shape index (κ2) is 9.44. The van der Waals surface area contributed by atoms with Crippen molar-refractivity contribution in [2.75, 3.05) is 11.1 Å². The highest BCUT2D eigenvalue weighted by atomic mass is 79.9. The second-order valence-corrected chi connectivity index (χ2v) is 10.9. The number of hydrogen-bond donors (Lipinski definition) is 2. The van der Waals surface area contributed by atoms with E-state index in [4.69, 9.17) is 5.73 Å². The molecular weight excluding hydrogens is 590 g/mol. The molecule has 1 aromatic carbocycles. The van der Waals surface area contributed by atoms with Gasteiger partial charge in [-0.2, -0.15) is 0 Å². The van der Waals surface area contributed by atoms with Gasteiger partial charge in [0.25, 0.3) is 0 Å². The number of carbonyl (C=O) groups is 2. The molecule has 3 aromatic heterocycles. The zero-order chi connectivity index (χ0) is 25.7. The lowest BCUT2D eigenvalue weighted by atomic mass is 10.0. The van der Waals surface area contributed by atoms with Crippen LogP contribution in [0.15, 0.2) is 45.7 Å². The number of likely N-dealkylation sites (tertiary alicyclic amines) is 1. The third-order valence-electron chi connectivity index (χ3n) is 6.99. The molecule has 4 aromatic rings. The van der Waals surface area contributed by atoms with Crippen LogP contribution in [0.3, 0.4) is 0 Å². The average molecular weight is 615 g/mol. The van der Waals surface area contributed by atoms with E-state index >= 15 is 0 Å². The van der Waals surface area contributed by atoms with Gasteiger partial charge in [-0.05, 0) is 71.9 Å². The molecule has 1 saturated heterocycles. The van der Waals surface area contributed by atoms with Crippen LogP contribution in [0.1, 0.15) is 25.8 Å². The van der Waals surface area contributed by atoms with E-state index in [0.29, 0.717) is 33.7 Å². The summed E-state index contributed by atoms with van der Waals surface area (Å²) in [6.07, 6.45) is 1.97. The molecule has 0 spiro atoms. The number of aryl methyl sites for hydroxylation is 1. The van der Waals surface area contributed by atoms with Gasteiger partial charge in [-0.15, -0.1) is 0 Å². The number of rotatable bonds is 4. The number of carbonyl (C=O) groups excluding carboxylic acids is 2. The normalized spacial score (nSPS) is 19.8. The molecule has 2 amide bonds. The van der Waals surface area contributed by atoms with E-state index in [1.165, 1.54) is 6.33 Å². The van der Waals surface area contributed by atoms with Gasteiger partial charge in [-0.1, -0.05) is 28.9 Å². The Labute approximate surface area is 224 Å². The van der Waals surface area contributed by atoms with Crippen molar-refractivity contribution in [3.8, 4) is 0 Å². The Morgan fingerprint density at radius 3 is 2.72 bits per heavy atom. The number of nitrogen functional groups attached to an aromatic ring is 1. The first-order chi connectivity index (χ1) is 17.2. The molecule has 1 aliphatic rings. The molecule has 3 atom stereocenters. The molecule has 36 heavy (non-hydrogen) atoms. The Bertz CT molecular complexity index is 1520. The van der Waals surface area contributed by atoms with Crippen molar-refractivity contribution in [1.29, 1.82) is 0 Å². The minimum atomic E-state index is -0.605. The number of halogens is 2. The fraction of sp³-hybridized carbons (Fsp3) is 0.320. The maximum atomic E-state index is 13.8. The molecule has 0 bridgehead atoms. The average Bonchev–Trinajstić information content (AvgIpc) is 3.29. The lowest BCUT2D eigenvalue weighted by Gasteiger charge is -2.29. The van der Waals surface area contributed by atoms with Crippen molar-refractivity contribution in [1.82, 2.24) is 24.4 Å². The highest BCUT2D eigenvalue weighted by Crippen LogP contribution is 2.35. The maximum absolute atomic E-state index is 13.8. The van der Waals surface area contributed by atoms with Crippen LogP contribution in [0.25, 0.3) is 21.9 Å². The molecule has 0 unspecified atom stereocenters. The summed E-state index contributed by atoms with van der Waals surface area (Å²) in [5.41, 5.74) is 8.67. The van der Waals surface area contributed by atoms with Gasteiger partial charge in [0.15, 0.2) is 0 Å². The van der Waals surface area contributed by atoms with E-state index in [0.717, 1.165) is 20.9 Å². The minimum absolute atomic E-state index is 0.0213. The summed E-state index contributed by atoms with van der Waals surface area (Å²) >= 11 is 6.92. The van der Waals surface area contributed by atoms with E-state index < -0.39 is 6.04 Å². The number of nitrogens with one attached hydrogen (secondary N) is 1. The van der Waals surface area contributed by atoms with Crippen molar-refractivity contribution >= 4 is 77.2 Å². The quantitative estimate of drug-likeness (QED) is 0.323. The van der Waals surface area contributed by atoms with Crippen LogP contribution in [0.5, 0.6) is 0 Å². The van der Waals surface area contributed by atoms with Crippen molar-refractivity contribution in [3.05, 3.63) is 51.3 Å². The lowest BCUT2D eigenvalue weighted by molar-refractivity contribution is -0.139. The number of hydrogen-bond acceptors (Lipinski definition) is 6. The topological polar surface area (TPSA) is 119 Å². The number of aromatic nitrogens is 4. The largest absolute Gasteiger partial charge is 0.383 e. The molecule has 1 aliphatic heterocycles. The Morgan fingerprint density at radius 1 is 1.19 bits per heavy atom. The van der Waals surface area contributed by atoms with Gasteiger partial charge in [-0.3, -0.25) is 9.59 Å². The number of pyridine rings is 1. The van der Waals surface area contributed by atoms with Gasteiger partial charge in [0.2, 0.25) is 11.8 Å². The third-order valence-corrected chi connectivity index (χ3v) is 8.29. The van der Waals surface area contributed by atoms with Crippen LogP contribution < -0.4 is 11.1 Å². The molecule has 5 rings (SSSR count). The Balaban J connectivity index is 1.51. The number of nitrogens with zero attached hydrogens (tertiary/aromatic N) is 5. The summed E-state index contributed by atoms with van der Waals surface area (Å²) in [7, 11) is 0. The summed E-state index contributed by atoms with van der Waals surface area (Å²) in [6.45, 7) is 6.06. The molecule has 0 aliphatic carbocycles. The molecule has 0 radical (unpaired) electrons. The van der Waals surface area contributed by atoms with Gasteiger partial charge in [0.05, 0.1) is 10.9 Å². The standard InChI is InChI=1S/C25H25Br2N7O2/c1-12-7-18(25(36)32-20-6-4-5-19(27)31-20)34(14(12)3)21(35)10-33-17-8-13(2)16(26)9-15(17)22-23(28)29-11-30-24(22)33/h4-6,8-9,11-12,14,18H,7,10H2,1-3H3,(H2,28,29,30)(H,31,32,36)/t12-,14-,18+/m1/s1. The predicted molar refractivity (Wildman–Crippen MR) is 146 cm³/mol. The zero-order valence-electron chi connectivity index (χ0n) is 20.0. The zero-order valence-corrected chi connectivity index (χ0v) is 23.2. The molecule has 0 saturated carbocycles. The smallest absolute Gasteiger partial charge is 0.248 e. The maximum Gasteiger partial charge on any atom is 0.248 e. The van der Waals surface area contributed by atoms with Crippen LogP contribution in [-0.4, -0.2) is 48.3 Å². The van der Waals surface area contributed by atoms with Crippen molar-refractivity contribution in [2.45, 2.75) is 45.8 Å². The summed E-state index contributed by atoms with van der Waals surface area (Å²) in [6, 6.07) is 8.58. The predicted octanol–water partition coefficient (Wildman–Crippen LogP) is 4.66. The van der Waals surface area contributed by atoms with Crippen molar-refractivity contribution < 1.29 is 9.59 Å². The summed E-state index contributed by atoms with van der Waals surface area (Å²) < 4.78 is 3.42. The van der Waals surface area contributed by atoms with Gasteiger partial charge >= 0.3 is 0 Å². The molecule has 11 heteroatoms. The van der Waals surface area contributed by atoms with Crippen LogP contribution in [0.4, 0.5) is 11.6 Å². The Hall–Kier alpha value is -3.05. The van der Waals surface area contributed by atoms with Gasteiger partial charge < -0.3 is 20.5 Å². The Kier molecular flexibility index (Phi) is 6.46. The molecule has 3 N–H and O–H groups in total. The Morgan fingerprint density at radius 2 is 1.97 bits per heavy atom. The van der Waals surface area contributed by atoms with E-state index in [1.807, 2.05) is 30.5 Å². The van der Waals surface area contributed by atoms with E-state index in [1.54, 1.807) is 23.1 Å². The molecule has 4 heterocycles. The number of nitrogens with two attached hydrogens (primary N) is 1. The minimum Gasteiger partial charge on any atom is -0.383 e. The lowest BCUT2D eigenvalue weighted by Crippen LogP contribution is -2.47.